The highest BCUT2D eigenvalue weighted by molar-refractivity contribution is 8.00. The molecule has 43 heavy (non-hydrogen) atoms. The minimum atomic E-state index is -0.180. The first kappa shape index (κ1) is 29.1. The van der Waals surface area contributed by atoms with Crippen molar-refractivity contribution in [2.24, 2.45) is 0 Å². The molecule has 0 spiro atoms. The van der Waals surface area contributed by atoms with Gasteiger partial charge in [-0.15, -0.1) is 0 Å². The summed E-state index contributed by atoms with van der Waals surface area (Å²) < 4.78 is 0. The van der Waals surface area contributed by atoms with Gasteiger partial charge in [-0.3, -0.25) is 9.59 Å². The third-order valence-corrected chi connectivity index (χ3v) is 8.81. The molecule has 0 aliphatic rings. The molecule has 2 heterocycles. The van der Waals surface area contributed by atoms with Crippen molar-refractivity contribution in [2.45, 2.75) is 16.7 Å². The molecular weight excluding hydrogens is 623 g/mol. The summed E-state index contributed by atoms with van der Waals surface area (Å²) >= 11 is 15.7. The highest BCUT2D eigenvalue weighted by atomic mass is 35.5. The Hall–Kier alpha value is -3.96. The maximum Gasteiger partial charge on any atom is 0.234 e. The summed E-state index contributed by atoms with van der Waals surface area (Å²) in [7, 11) is 0. The molecular formula is C31H24Cl2N6O2S2. The standard InChI is InChI=1S/C31H24Cl2N6O2S2/c32-20-14-18(9-11-22(20)34-28(40)16-42-30-36-24-5-1-2-6-25(24)37-30)13-19-10-12-23(21(33)15-19)35-29(41)17-43-31-38-26-7-3-4-8-27(26)39-31/h1-12,14-15H,13,16-17H2,(H,34,40)(H,35,41)(H,36,37)(H,38,39). The Morgan fingerprint density at radius 3 is 1.51 bits per heavy atom. The van der Waals surface area contributed by atoms with Crippen molar-refractivity contribution in [3.63, 3.8) is 0 Å². The van der Waals surface area contributed by atoms with E-state index in [-0.39, 0.29) is 23.3 Å². The number of H-pyrrole nitrogens is 2. The van der Waals surface area contributed by atoms with Crippen molar-refractivity contribution in [3.8, 4) is 0 Å². The maximum atomic E-state index is 12.5. The van der Waals surface area contributed by atoms with E-state index in [1.54, 1.807) is 12.1 Å². The third-order valence-electron chi connectivity index (χ3n) is 6.44. The number of thioether (sulfide) groups is 2. The molecule has 8 nitrogen and oxygen atoms in total. The molecule has 2 aromatic heterocycles. The number of carbonyl (C=O) groups is 2. The number of imidazole rings is 2. The van der Waals surface area contributed by atoms with Crippen LogP contribution < -0.4 is 10.6 Å². The monoisotopic (exact) mass is 646 g/mol. The van der Waals surface area contributed by atoms with E-state index in [4.69, 9.17) is 23.2 Å². The summed E-state index contributed by atoms with van der Waals surface area (Å²) in [6, 6.07) is 26.5. The minimum Gasteiger partial charge on any atom is -0.333 e. The van der Waals surface area contributed by atoms with Gasteiger partial charge in [-0.25, -0.2) is 9.97 Å². The zero-order valence-electron chi connectivity index (χ0n) is 22.5. The fraction of sp³-hybridized carbons (Fsp3) is 0.0968. The van der Waals surface area contributed by atoms with E-state index in [1.165, 1.54) is 23.5 Å². The molecule has 6 rings (SSSR count). The summed E-state index contributed by atoms with van der Waals surface area (Å²) in [6.07, 6.45) is 0.575. The molecule has 4 aromatic carbocycles. The Labute approximate surface area is 265 Å². The predicted molar refractivity (Wildman–Crippen MR) is 177 cm³/mol. The van der Waals surface area contributed by atoms with E-state index in [9.17, 15) is 9.59 Å². The summed E-state index contributed by atoms with van der Waals surface area (Å²) in [5.74, 6) is 0.0245. The number of anilines is 2. The first-order valence-corrected chi connectivity index (χ1v) is 15.9. The van der Waals surface area contributed by atoms with Crippen molar-refractivity contribution >= 4 is 92.0 Å². The molecule has 4 N–H and O–H groups in total. The van der Waals surface area contributed by atoms with Crippen molar-refractivity contribution in [3.05, 3.63) is 106 Å². The van der Waals surface area contributed by atoms with Gasteiger partial charge in [0, 0.05) is 0 Å². The number of rotatable bonds is 10. The van der Waals surface area contributed by atoms with Crippen LogP contribution in [0.15, 0.2) is 95.2 Å². The van der Waals surface area contributed by atoms with E-state index in [2.05, 4.69) is 30.6 Å². The number of para-hydroxylation sites is 4. The number of nitrogens with zero attached hydrogens (tertiary/aromatic N) is 2. The van der Waals surface area contributed by atoms with Gasteiger partial charge in [-0.2, -0.15) is 0 Å². The molecule has 0 fully saturated rings. The van der Waals surface area contributed by atoms with Crippen molar-refractivity contribution in [1.82, 2.24) is 19.9 Å². The lowest BCUT2D eigenvalue weighted by atomic mass is 10.0. The van der Waals surface area contributed by atoms with E-state index in [0.29, 0.717) is 38.2 Å². The van der Waals surface area contributed by atoms with Gasteiger partial charge in [-0.05, 0) is 66.1 Å². The molecule has 0 radical (unpaired) electrons. The van der Waals surface area contributed by atoms with Gasteiger partial charge in [0.15, 0.2) is 10.3 Å². The van der Waals surface area contributed by atoms with E-state index in [1.807, 2.05) is 72.8 Å². The van der Waals surface area contributed by atoms with Crippen molar-refractivity contribution < 1.29 is 9.59 Å². The fourth-order valence-corrected chi connectivity index (χ4v) is 6.28. The molecule has 0 saturated carbocycles. The van der Waals surface area contributed by atoms with Gasteiger partial charge in [0.2, 0.25) is 11.8 Å². The SMILES string of the molecule is O=C(CSc1nc2ccccc2[nH]1)Nc1ccc(Cc2ccc(NC(=O)CSc3nc4ccccc4[nH]3)c(Cl)c2)cc1Cl. The lowest BCUT2D eigenvalue weighted by Crippen LogP contribution is -2.14. The number of nitrogens with one attached hydrogen (secondary N) is 4. The number of fused-ring (bicyclic) bond motifs is 2. The zero-order valence-corrected chi connectivity index (χ0v) is 25.6. The van der Waals surface area contributed by atoms with Crippen LogP contribution in [0, 0.1) is 0 Å². The molecule has 12 heteroatoms. The highest BCUT2D eigenvalue weighted by Crippen LogP contribution is 2.28. The quantitative estimate of drug-likeness (QED) is 0.113. The maximum absolute atomic E-state index is 12.5. The van der Waals surface area contributed by atoms with Gasteiger partial charge in [-0.1, -0.05) is 83.1 Å². The number of hydrogen-bond acceptors (Lipinski definition) is 6. The molecule has 0 saturated heterocycles. The van der Waals surface area contributed by atoms with Crippen LogP contribution in [0.4, 0.5) is 11.4 Å². The molecule has 0 bridgehead atoms. The Morgan fingerprint density at radius 2 is 1.09 bits per heavy atom. The molecule has 0 aliphatic heterocycles. The summed E-state index contributed by atoms with van der Waals surface area (Å²) in [4.78, 5) is 40.4. The third kappa shape index (κ3) is 7.34. The van der Waals surface area contributed by atoms with Crippen molar-refractivity contribution in [1.29, 1.82) is 0 Å². The number of halogens is 2. The number of aromatic amines is 2. The summed E-state index contributed by atoms with van der Waals surface area (Å²) in [5, 5.41) is 7.98. The molecule has 0 aliphatic carbocycles. The normalized spacial score (nSPS) is 11.2. The first-order valence-electron chi connectivity index (χ1n) is 13.2. The van der Waals surface area contributed by atoms with Crippen LogP contribution >= 0.6 is 46.7 Å². The Bertz CT molecular complexity index is 1750. The van der Waals surface area contributed by atoms with Crippen LogP contribution in [0.25, 0.3) is 22.1 Å². The predicted octanol–water partition coefficient (Wildman–Crippen LogP) is 7.80. The van der Waals surface area contributed by atoms with Gasteiger partial charge < -0.3 is 20.6 Å². The second-order valence-corrected chi connectivity index (χ2v) is 12.3. The average Bonchev–Trinajstić information content (AvgIpc) is 3.61. The van der Waals surface area contributed by atoms with Gasteiger partial charge in [0.1, 0.15) is 0 Å². The Morgan fingerprint density at radius 1 is 0.651 bits per heavy atom. The van der Waals surface area contributed by atoms with Crippen LogP contribution in [0.2, 0.25) is 10.0 Å². The second kappa shape index (κ2) is 13.1. The van der Waals surface area contributed by atoms with Crippen LogP contribution in [0.5, 0.6) is 0 Å². The van der Waals surface area contributed by atoms with Crippen LogP contribution in [0.3, 0.4) is 0 Å². The first-order chi connectivity index (χ1) is 20.9. The van der Waals surface area contributed by atoms with Gasteiger partial charge >= 0.3 is 0 Å². The molecule has 216 valence electrons. The highest BCUT2D eigenvalue weighted by Gasteiger charge is 2.12. The van der Waals surface area contributed by atoms with Crippen molar-refractivity contribution in [2.75, 3.05) is 22.1 Å². The van der Waals surface area contributed by atoms with Gasteiger partial charge in [0.05, 0.1) is 55.0 Å². The summed E-state index contributed by atoms with van der Waals surface area (Å²) in [5.41, 5.74) is 6.56. The number of benzene rings is 4. The lowest BCUT2D eigenvalue weighted by Gasteiger charge is -2.11. The number of carbonyl (C=O) groups excluding carboxylic acids is 2. The average molecular weight is 648 g/mol. The van der Waals surface area contributed by atoms with E-state index < -0.39 is 0 Å². The Kier molecular flexibility index (Phi) is 8.90. The number of aromatic nitrogens is 4. The molecule has 0 atom stereocenters. The number of amides is 2. The second-order valence-electron chi connectivity index (χ2n) is 9.60. The molecule has 6 aromatic rings. The summed E-state index contributed by atoms with van der Waals surface area (Å²) in [6.45, 7) is 0. The van der Waals surface area contributed by atoms with Gasteiger partial charge in [0.25, 0.3) is 0 Å². The fourth-order valence-electron chi connectivity index (χ4n) is 4.41. The topological polar surface area (TPSA) is 116 Å². The Balaban J connectivity index is 1.000. The van der Waals surface area contributed by atoms with E-state index in [0.717, 1.165) is 33.2 Å². The largest absolute Gasteiger partial charge is 0.333 e. The number of hydrogen-bond donors (Lipinski definition) is 4. The molecule has 0 unspecified atom stereocenters. The van der Waals surface area contributed by atoms with E-state index >= 15 is 0 Å². The lowest BCUT2D eigenvalue weighted by molar-refractivity contribution is -0.114. The zero-order chi connectivity index (χ0) is 29.8. The smallest absolute Gasteiger partial charge is 0.234 e. The van der Waals surface area contributed by atoms with Crippen LogP contribution in [-0.4, -0.2) is 43.3 Å². The molecule has 2 amide bonds. The van der Waals surface area contributed by atoms with Crippen LogP contribution in [-0.2, 0) is 16.0 Å². The van der Waals surface area contributed by atoms with Crippen LogP contribution in [0.1, 0.15) is 11.1 Å². The minimum absolute atomic E-state index is 0.180.